The van der Waals surface area contributed by atoms with Gasteiger partial charge in [-0.15, -0.1) is 0 Å². The molecule has 0 aromatic carbocycles. The highest BCUT2D eigenvalue weighted by Gasteiger charge is 2.28. The third-order valence-electron chi connectivity index (χ3n) is 5.13. The van der Waals surface area contributed by atoms with Gasteiger partial charge in [-0.05, 0) is 58.6 Å². The Morgan fingerprint density at radius 3 is 2.61 bits per heavy atom. The van der Waals surface area contributed by atoms with E-state index in [0.29, 0.717) is 12.6 Å². The van der Waals surface area contributed by atoms with Crippen molar-refractivity contribution in [1.82, 2.24) is 14.8 Å². The standard InChI is InChI=1S/C18H29N3O2/c1-13-12-17(14(2)21(13)15-4-5-15)18(23)19-8-3-9-20-10-6-16(22)7-11-20/h12,15-16,22H,3-11H2,1-2H3,(H,19,23). The molecule has 23 heavy (non-hydrogen) atoms. The summed E-state index contributed by atoms with van der Waals surface area (Å²) >= 11 is 0. The molecule has 0 bridgehead atoms. The molecule has 2 fully saturated rings. The lowest BCUT2D eigenvalue weighted by Crippen LogP contribution is -2.37. The van der Waals surface area contributed by atoms with Gasteiger partial charge < -0.3 is 19.9 Å². The first kappa shape index (κ1) is 16.5. The zero-order valence-electron chi connectivity index (χ0n) is 14.3. The quantitative estimate of drug-likeness (QED) is 0.789. The number of piperidine rings is 1. The van der Waals surface area contributed by atoms with Gasteiger partial charge in [0.25, 0.3) is 5.91 Å². The molecule has 2 N–H and O–H groups in total. The highest BCUT2D eigenvalue weighted by Crippen LogP contribution is 2.38. The molecule has 0 radical (unpaired) electrons. The number of aliphatic hydroxyl groups is 1. The smallest absolute Gasteiger partial charge is 0.253 e. The highest BCUT2D eigenvalue weighted by atomic mass is 16.3. The minimum Gasteiger partial charge on any atom is -0.393 e. The third-order valence-corrected chi connectivity index (χ3v) is 5.13. The molecule has 1 aliphatic heterocycles. The normalized spacial score (nSPS) is 20.0. The van der Waals surface area contributed by atoms with E-state index >= 15 is 0 Å². The van der Waals surface area contributed by atoms with Crippen molar-refractivity contribution in [2.75, 3.05) is 26.2 Å². The van der Waals surface area contributed by atoms with Crippen LogP contribution in [0.3, 0.4) is 0 Å². The fourth-order valence-electron chi connectivity index (χ4n) is 3.64. The number of carbonyl (C=O) groups is 1. The summed E-state index contributed by atoms with van der Waals surface area (Å²) in [5, 5.41) is 12.6. The Hall–Kier alpha value is -1.33. The van der Waals surface area contributed by atoms with Crippen molar-refractivity contribution in [3.05, 3.63) is 23.0 Å². The number of nitrogens with zero attached hydrogens (tertiary/aromatic N) is 2. The fraction of sp³-hybridized carbons (Fsp3) is 0.722. The van der Waals surface area contributed by atoms with Gasteiger partial charge in [0.2, 0.25) is 0 Å². The summed E-state index contributed by atoms with van der Waals surface area (Å²) in [6, 6.07) is 2.64. The Kier molecular flexibility index (Phi) is 5.07. The molecule has 0 atom stereocenters. The van der Waals surface area contributed by atoms with E-state index in [-0.39, 0.29) is 12.0 Å². The summed E-state index contributed by atoms with van der Waals surface area (Å²) in [4.78, 5) is 14.8. The molecule has 5 nitrogen and oxygen atoms in total. The number of aryl methyl sites for hydroxylation is 1. The van der Waals surface area contributed by atoms with Crippen LogP contribution >= 0.6 is 0 Å². The average molecular weight is 319 g/mol. The number of hydrogen-bond acceptors (Lipinski definition) is 3. The van der Waals surface area contributed by atoms with Gasteiger partial charge in [-0.1, -0.05) is 0 Å². The lowest BCUT2D eigenvalue weighted by atomic mass is 10.1. The third kappa shape index (κ3) is 3.96. The number of aromatic nitrogens is 1. The highest BCUT2D eigenvalue weighted by molar-refractivity contribution is 5.95. The molecule has 1 aromatic heterocycles. The van der Waals surface area contributed by atoms with Crippen molar-refractivity contribution < 1.29 is 9.90 Å². The molecule has 1 aromatic rings. The van der Waals surface area contributed by atoms with Crippen molar-refractivity contribution in [3.8, 4) is 0 Å². The Bertz CT molecular complexity index is 555. The largest absolute Gasteiger partial charge is 0.393 e. The number of likely N-dealkylation sites (tertiary alicyclic amines) is 1. The van der Waals surface area contributed by atoms with Crippen LogP contribution in [0, 0.1) is 13.8 Å². The van der Waals surface area contributed by atoms with Crippen molar-refractivity contribution in [1.29, 1.82) is 0 Å². The Morgan fingerprint density at radius 1 is 1.26 bits per heavy atom. The summed E-state index contributed by atoms with van der Waals surface area (Å²) in [6.07, 6.45) is 5.07. The lowest BCUT2D eigenvalue weighted by Gasteiger charge is -2.29. The van der Waals surface area contributed by atoms with Crippen molar-refractivity contribution in [2.24, 2.45) is 0 Å². The Labute approximate surface area is 138 Å². The fourth-order valence-corrected chi connectivity index (χ4v) is 3.64. The summed E-state index contributed by atoms with van der Waals surface area (Å²) in [5.41, 5.74) is 3.13. The van der Waals surface area contributed by atoms with Crippen LogP contribution in [0.25, 0.3) is 0 Å². The number of carbonyl (C=O) groups excluding carboxylic acids is 1. The predicted molar refractivity (Wildman–Crippen MR) is 90.8 cm³/mol. The second-order valence-electron chi connectivity index (χ2n) is 7.07. The molecular formula is C18H29N3O2. The van der Waals surface area contributed by atoms with E-state index in [9.17, 15) is 9.90 Å². The Morgan fingerprint density at radius 2 is 1.96 bits per heavy atom. The van der Waals surface area contributed by atoms with E-state index in [4.69, 9.17) is 0 Å². The van der Waals surface area contributed by atoms with Gasteiger partial charge in [-0.3, -0.25) is 4.79 Å². The van der Waals surface area contributed by atoms with Crippen LogP contribution in [0.4, 0.5) is 0 Å². The molecule has 2 heterocycles. The molecule has 1 amide bonds. The number of nitrogens with one attached hydrogen (secondary N) is 1. The molecule has 1 aliphatic carbocycles. The molecule has 5 heteroatoms. The van der Waals surface area contributed by atoms with E-state index in [0.717, 1.165) is 50.2 Å². The van der Waals surface area contributed by atoms with E-state index < -0.39 is 0 Å². The van der Waals surface area contributed by atoms with Crippen LogP contribution in [-0.2, 0) is 0 Å². The van der Waals surface area contributed by atoms with Crippen LogP contribution in [0.2, 0.25) is 0 Å². The maximum absolute atomic E-state index is 12.4. The summed E-state index contributed by atoms with van der Waals surface area (Å²) in [5.74, 6) is 0.0547. The molecule has 1 saturated heterocycles. The van der Waals surface area contributed by atoms with Gasteiger partial charge >= 0.3 is 0 Å². The number of amides is 1. The second kappa shape index (κ2) is 7.05. The van der Waals surface area contributed by atoms with Gasteiger partial charge in [-0.25, -0.2) is 0 Å². The molecule has 128 valence electrons. The zero-order valence-corrected chi connectivity index (χ0v) is 14.3. The van der Waals surface area contributed by atoms with Crippen LogP contribution in [0.5, 0.6) is 0 Å². The maximum atomic E-state index is 12.4. The van der Waals surface area contributed by atoms with Gasteiger partial charge in [0, 0.05) is 37.1 Å². The first-order valence-corrected chi connectivity index (χ1v) is 8.93. The van der Waals surface area contributed by atoms with Crippen LogP contribution < -0.4 is 5.32 Å². The summed E-state index contributed by atoms with van der Waals surface area (Å²) in [7, 11) is 0. The zero-order chi connectivity index (χ0) is 16.4. The number of rotatable bonds is 6. The average Bonchev–Trinajstić information content (AvgIpc) is 3.31. The number of aliphatic hydroxyl groups excluding tert-OH is 1. The molecule has 1 saturated carbocycles. The van der Waals surface area contributed by atoms with E-state index in [2.05, 4.69) is 28.6 Å². The van der Waals surface area contributed by atoms with Gasteiger partial charge in [-0.2, -0.15) is 0 Å². The molecule has 0 spiro atoms. The van der Waals surface area contributed by atoms with Crippen LogP contribution in [-0.4, -0.2) is 52.8 Å². The lowest BCUT2D eigenvalue weighted by molar-refractivity contribution is 0.0816. The van der Waals surface area contributed by atoms with Gasteiger partial charge in [0.15, 0.2) is 0 Å². The topological polar surface area (TPSA) is 57.5 Å². The van der Waals surface area contributed by atoms with E-state index in [1.165, 1.54) is 18.5 Å². The first-order valence-electron chi connectivity index (χ1n) is 8.93. The van der Waals surface area contributed by atoms with Crippen molar-refractivity contribution in [2.45, 2.75) is 58.1 Å². The minimum absolute atomic E-state index is 0.0547. The van der Waals surface area contributed by atoms with Gasteiger partial charge in [0.05, 0.1) is 11.7 Å². The SMILES string of the molecule is Cc1cc(C(=O)NCCCN2CCC(O)CC2)c(C)n1C1CC1. The molecule has 3 rings (SSSR count). The summed E-state index contributed by atoms with van der Waals surface area (Å²) < 4.78 is 2.31. The minimum atomic E-state index is -0.118. The molecule has 0 unspecified atom stereocenters. The van der Waals surface area contributed by atoms with Gasteiger partial charge in [0.1, 0.15) is 0 Å². The molecular weight excluding hydrogens is 290 g/mol. The Balaban J connectivity index is 1.44. The van der Waals surface area contributed by atoms with E-state index in [1.54, 1.807) is 0 Å². The first-order chi connectivity index (χ1) is 11.1. The number of hydrogen-bond donors (Lipinski definition) is 2. The maximum Gasteiger partial charge on any atom is 0.253 e. The summed E-state index contributed by atoms with van der Waals surface area (Å²) in [6.45, 7) is 7.79. The van der Waals surface area contributed by atoms with E-state index in [1.807, 2.05) is 6.07 Å². The predicted octanol–water partition coefficient (Wildman–Crippen LogP) is 2.02. The second-order valence-corrected chi connectivity index (χ2v) is 7.07. The van der Waals surface area contributed by atoms with Crippen LogP contribution in [0.1, 0.15) is 59.9 Å². The molecule has 2 aliphatic rings. The van der Waals surface area contributed by atoms with Crippen molar-refractivity contribution >= 4 is 5.91 Å². The van der Waals surface area contributed by atoms with Crippen molar-refractivity contribution in [3.63, 3.8) is 0 Å². The monoisotopic (exact) mass is 319 g/mol. The van der Waals surface area contributed by atoms with Crippen LogP contribution in [0.15, 0.2) is 6.07 Å².